The molecular formula is C45H44N6O8. The summed E-state index contributed by atoms with van der Waals surface area (Å²) in [6.07, 6.45) is -0.0314. The van der Waals surface area contributed by atoms with Crippen molar-refractivity contribution >= 4 is 46.9 Å². The molecule has 4 atom stereocenters. The van der Waals surface area contributed by atoms with Crippen molar-refractivity contribution in [1.82, 2.24) is 20.0 Å². The lowest BCUT2D eigenvalue weighted by Crippen LogP contribution is -2.45. The molecule has 0 bridgehead atoms. The van der Waals surface area contributed by atoms with Crippen LogP contribution in [0, 0.1) is 0 Å². The number of likely N-dealkylation sites (tertiary alicyclic amines) is 2. The number of H-pyrrole nitrogens is 1. The highest BCUT2D eigenvalue weighted by Gasteiger charge is 2.40. The third kappa shape index (κ3) is 9.39. The average Bonchev–Trinajstić information content (AvgIpc) is 4.05. The molecule has 0 unspecified atom stereocenters. The maximum absolute atomic E-state index is 13.6. The van der Waals surface area contributed by atoms with Gasteiger partial charge in [0.25, 0.3) is 11.8 Å². The third-order valence-electron chi connectivity index (χ3n) is 10.4. The lowest BCUT2D eigenvalue weighted by atomic mass is 10.1. The van der Waals surface area contributed by atoms with Gasteiger partial charge in [0, 0.05) is 55.0 Å². The van der Waals surface area contributed by atoms with E-state index >= 15 is 0 Å². The number of hydrogen-bond acceptors (Lipinski definition) is 9. The largest absolute Gasteiger partial charge is 0.447 e. The minimum absolute atomic E-state index is 0.327. The standard InChI is InChI=1S/C45H44N6O8/c1-28(52)58-40(32-11-5-3-6-12-32)44(56)50-25-9-15-38(50)42(54)46-34-21-17-30(18-22-34)36-27-37(49-48-36)31-19-23-35(24-20-31)47-43(55)39-16-10-26-51(39)45(57)41(59-29(2)53)33-13-7-4-8-14-33/h3-8,11-14,17-24,27,38-41H,9-10,15-16,25-26H2,1-2H3,(H,46,54)(H,47,55)(H,48,49)/t38-,39-,40-,41-/m0/s1. The second kappa shape index (κ2) is 18.0. The second-order valence-electron chi connectivity index (χ2n) is 14.5. The van der Waals surface area contributed by atoms with Crippen molar-refractivity contribution in [2.45, 2.75) is 63.8 Å². The Bertz CT molecular complexity index is 2150. The van der Waals surface area contributed by atoms with Gasteiger partial charge in [-0.05, 0) is 61.6 Å². The zero-order valence-electron chi connectivity index (χ0n) is 32.6. The summed E-state index contributed by atoms with van der Waals surface area (Å²) in [6, 6.07) is 32.4. The van der Waals surface area contributed by atoms with Crippen molar-refractivity contribution in [2.24, 2.45) is 0 Å². The van der Waals surface area contributed by atoms with Crippen LogP contribution < -0.4 is 10.6 Å². The van der Waals surface area contributed by atoms with Crippen molar-refractivity contribution in [1.29, 1.82) is 0 Å². The van der Waals surface area contributed by atoms with Crippen LogP contribution >= 0.6 is 0 Å². The van der Waals surface area contributed by atoms with E-state index < -0.39 is 48.0 Å². The molecule has 2 aliphatic rings. The van der Waals surface area contributed by atoms with E-state index in [9.17, 15) is 28.8 Å². The molecule has 14 heteroatoms. The van der Waals surface area contributed by atoms with E-state index in [2.05, 4.69) is 20.8 Å². The molecule has 3 N–H and O–H groups in total. The number of hydrogen-bond donors (Lipinski definition) is 3. The molecule has 0 radical (unpaired) electrons. The second-order valence-corrected chi connectivity index (χ2v) is 14.5. The Morgan fingerprint density at radius 3 is 1.46 bits per heavy atom. The van der Waals surface area contributed by atoms with Crippen LogP contribution in [-0.4, -0.2) is 80.7 Å². The molecule has 7 rings (SSSR count). The molecule has 4 aromatic carbocycles. The molecule has 0 saturated carbocycles. The van der Waals surface area contributed by atoms with Crippen molar-refractivity contribution in [2.75, 3.05) is 23.7 Å². The number of ether oxygens (including phenoxy) is 2. The Hall–Kier alpha value is -7.09. The van der Waals surface area contributed by atoms with Crippen LogP contribution in [0.1, 0.15) is 62.9 Å². The summed E-state index contributed by atoms with van der Waals surface area (Å²) in [6.45, 7) is 3.25. The van der Waals surface area contributed by atoms with Crippen LogP contribution in [-0.2, 0) is 38.2 Å². The molecule has 4 amide bonds. The van der Waals surface area contributed by atoms with Crippen LogP contribution in [0.4, 0.5) is 11.4 Å². The fraction of sp³-hybridized carbons (Fsp3) is 0.267. The van der Waals surface area contributed by atoms with Crippen LogP contribution in [0.2, 0.25) is 0 Å². The summed E-state index contributed by atoms with van der Waals surface area (Å²) in [5.74, 6) is -2.70. The minimum atomic E-state index is -1.14. The molecule has 5 aromatic rings. The number of aromatic nitrogens is 2. The maximum Gasteiger partial charge on any atom is 0.303 e. The molecule has 14 nitrogen and oxygen atoms in total. The zero-order valence-corrected chi connectivity index (χ0v) is 32.6. The monoisotopic (exact) mass is 796 g/mol. The van der Waals surface area contributed by atoms with Gasteiger partial charge in [-0.2, -0.15) is 5.10 Å². The molecule has 3 heterocycles. The van der Waals surface area contributed by atoms with Gasteiger partial charge in [0.15, 0.2) is 0 Å². The van der Waals surface area contributed by atoms with Crippen LogP contribution in [0.5, 0.6) is 0 Å². The Morgan fingerprint density at radius 2 is 1.03 bits per heavy atom. The first-order valence-electron chi connectivity index (χ1n) is 19.5. The number of esters is 2. The van der Waals surface area contributed by atoms with Crippen LogP contribution in [0.3, 0.4) is 0 Å². The fourth-order valence-electron chi connectivity index (χ4n) is 7.54. The molecule has 59 heavy (non-hydrogen) atoms. The summed E-state index contributed by atoms with van der Waals surface area (Å²) >= 11 is 0. The van der Waals surface area contributed by atoms with Gasteiger partial charge < -0.3 is 29.9 Å². The highest BCUT2D eigenvalue weighted by molar-refractivity contribution is 5.99. The lowest BCUT2D eigenvalue weighted by Gasteiger charge is -2.28. The lowest BCUT2D eigenvalue weighted by molar-refractivity contribution is -0.160. The minimum Gasteiger partial charge on any atom is -0.447 e. The van der Waals surface area contributed by atoms with E-state index in [0.717, 1.165) is 16.8 Å². The smallest absolute Gasteiger partial charge is 0.303 e. The number of rotatable bonds is 12. The number of nitrogens with zero attached hydrogens (tertiary/aromatic N) is 3. The fourth-order valence-corrected chi connectivity index (χ4v) is 7.54. The first kappa shape index (κ1) is 40.1. The summed E-state index contributed by atoms with van der Waals surface area (Å²) < 4.78 is 10.8. The summed E-state index contributed by atoms with van der Waals surface area (Å²) in [7, 11) is 0. The molecule has 0 aliphatic carbocycles. The van der Waals surface area contributed by atoms with Gasteiger partial charge in [-0.15, -0.1) is 0 Å². The van der Waals surface area contributed by atoms with E-state index in [1.54, 1.807) is 78.9 Å². The quantitative estimate of drug-likeness (QED) is 0.124. The topological polar surface area (TPSA) is 180 Å². The van der Waals surface area contributed by atoms with Gasteiger partial charge in [-0.3, -0.25) is 33.9 Å². The molecule has 2 aliphatic heterocycles. The number of aromatic amines is 1. The predicted molar refractivity (Wildman–Crippen MR) is 218 cm³/mol. The van der Waals surface area contributed by atoms with Crippen LogP contribution in [0.15, 0.2) is 115 Å². The average molecular weight is 797 g/mol. The maximum atomic E-state index is 13.6. The third-order valence-corrected chi connectivity index (χ3v) is 10.4. The number of carbonyl (C=O) groups excluding carboxylic acids is 6. The van der Waals surface area contributed by atoms with E-state index in [4.69, 9.17) is 9.47 Å². The summed E-state index contributed by atoms with van der Waals surface area (Å²) in [5, 5.41) is 13.4. The summed E-state index contributed by atoms with van der Waals surface area (Å²) in [5.41, 5.74) is 5.24. The number of benzene rings is 4. The van der Waals surface area contributed by atoms with Gasteiger partial charge >= 0.3 is 11.9 Å². The van der Waals surface area contributed by atoms with Gasteiger partial charge in [0.1, 0.15) is 12.1 Å². The number of anilines is 2. The van der Waals surface area contributed by atoms with E-state index in [1.165, 1.54) is 23.6 Å². The van der Waals surface area contributed by atoms with Gasteiger partial charge in [-0.1, -0.05) is 84.9 Å². The molecular weight excluding hydrogens is 753 g/mol. The Labute approximate surface area is 340 Å². The van der Waals surface area contributed by atoms with E-state index in [0.29, 0.717) is 67.0 Å². The normalized spacial score (nSPS) is 17.1. The van der Waals surface area contributed by atoms with Crippen molar-refractivity contribution in [3.05, 3.63) is 126 Å². The first-order chi connectivity index (χ1) is 28.5. The first-order valence-corrected chi connectivity index (χ1v) is 19.5. The summed E-state index contributed by atoms with van der Waals surface area (Å²) in [4.78, 5) is 80.8. The van der Waals surface area contributed by atoms with Crippen molar-refractivity contribution < 1.29 is 38.2 Å². The SMILES string of the molecule is CC(=O)O[C@H](C(=O)N1CCC[C@H]1C(=O)Nc1ccc(-c2cc(-c3ccc(NC(=O)[C@@H]4CCCN4C(=O)[C@@H](OC(C)=O)c4ccccc4)cc3)[nH]n2)cc1)c1ccccc1. The highest BCUT2D eigenvalue weighted by Crippen LogP contribution is 2.30. The molecule has 0 spiro atoms. The van der Waals surface area contributed by atoms with Crippen molar-refractivity contribution in [3.63, 3.8) is 0 Å². The Morgan fingerprint density at radius 1 is 0.610 bits per heavy atom. The van der Waals surface area contributed by atoms with Crippen LogP contribution in [0.25, 0.3) is 22.5 Å². The van der Waals surface area contributed by atoms with Gasteiger partial charge in [0.05, 0.1) is 11.4 Å². The zero-order chi connectivity index (χ0) is 41.5. The molecule has 302 valence electrons. The van der Waals surface area contributed by atoms with E-state index in [1.807, 2.05) is 36.4 Å². The Kier molecular flexibility index (Phi) is 12.2. The van der Waals surface area contributed by atoms with Crippen molar-refractivity contribution in [3.8, 4) is 22.5 Å². The molecule has 2 fully saturated rings. The van der Waals surface area contributed by atoms with Gasteiger partial charge in [0.2, 0.25) is 24.0 Å². The predicted octanol–water partition coefficient (Wildman–Crippen LogP) is 6.21. The Balaban J connectivity index is 0.952. The number of carbonyl (C=O) groups is 6. The highest BCUT2D eigenvalue weighted by atomic mass is 16.6. The molecule has 1 aromatic heterocycles. The van der Waals surface area contributed by atoms with Gasteiger partial charge in [-0.25, -0.2) is 0 Å². The molecule has 2 saturated heterocycles. The van der Waals surface area contributed by atoms with E-state index in [-0.39, 0.29) is 11.8 Å². The number of nitrogens with one attached hydrogen (secondary N) is 3. The number of amides is 4.